The van der Waals surface area contributed by atoms with Gasteiger partial charge in [0.1, 0.15) is 5.60 Å². The number of carbonyl (C=O) groups excluding carboxylic acids is 2. The number of fused-ring (bicyclic) bond motifs is 2. The molecule has 102 valence electrons. The molecule has 5 heteroatoms. The van der Waals surface area contributed by atoms with E-state index in [1.54, 1.807) is 0 Å². The zero-order chi connectivity index (χ0) is 13.7. The summed E-state index contributed by atoms with van der Waals surface area (Å²) in [5.41, 5.74) is -0.555. The van der Waals surface area contributed by atoms with Gasteiger partial charge in [-0.25, -0.2) is 9.69 Å². The number of ether oxygens (including phenoxy) is 1. The molecule has 0 radical (unpaired) electrons. The lowest BCUT2D eigenvalue weighted by Gasteiger charge is -2.31. The molecule has 0 spiro atoms. The smallest absolute Gasteiger partial charge is 0.417 e. The van der Waals surface area contributed by atoms with E-state index in [9.17, 15) is 9.59 Å². The number of imide groups is 1. The molecule has 0 unspecified atom stereocenters. The van der Waals surface area contributed by atoms with Crippen LogP contribution in [-0.2, 0) is 9.53 Å². The van der Waals surface area contributed by atoms with Gasteiger partial charge in [-0.05, 0) is 39.5 Å². The van der Waals surface area contributed by atoms with Crippen LogP contribution in [0.5, 0.6) is 0 Å². The van der Waals surface area contributed by atoms with Crippen LogP contribution in [0, 0.1) is 11.8 Å². The normalized spacial score (nSPS) is 35.8. The number of amides is 2. The minimum absolute atomic E-state index is 0.00790. The number of likely N-dealkylation sites (tertiary alicyclic amines) is 1. The minimum atomic E-state index is -0.555. The summed E-state index contributed by atoms with van der Waals surface area (Å²) in [6.07, 6.45) is 1.32. The molecule has 1 saturated heterocycles. The second-order valence-corrected chi connectivity index (χ2v) is 7.93. The van der Waals surface area contributed by atoms with Crippen molar-refractivity contribution in [1.29, 1.82) is 0 Å². The predicted molar refractivity (Wildman–Crippen MR) is 76.6 cm³/mol. The Hall–Kier alpha value is -0.330. The van der Waals surface area contributed by atoms with E-state index in [-0.39, 0.29) is 17.9 Å². The van der Waals surface area contributed by atoms with Gasteiger partial charge in [0.15, 0.2) is 0 Å². The summed E-state index contributed by atoms with van der Waals surface area (Å²) in [5, 5.41) is 0. The van der Waals surface area contributed by atoms with Crippen molar-refractivity contribution in [3.8, 4) is 0 Å². The number of halogens is 1. The molecule has 2 amide bonds. The SMILES string of the molecule is C[C@H]1C[C@H](I)[C@@H]2C[C@H]1C(=O)N2C(=O)OC(C)(C)C. The van der Waals surface area contributed by atoms with Crippen molar-refractivity contribution in [2.24, 2.45) is 11.8 Å². The Balaban J connectivity index is 2.18. The molecule has 4 nitrogen and oxygen atoms in total. The molecule has 0 N–H and O–H groups in total. The third-order valence-corrected chi connectivity index (χ3v) is 5.01. The first-order valence-electron chi connectivity index (χ1n) is 6.41. The van der Waals surface area contributed by atoms with E-state index in [4.69, 9.17) is 4.74 Å². The van der Waals surface area contributed by atoms with Gasteiger partial charge in [-0.1, -0.05) is 29.5 Å². The van der Waals surface area contributed by atoms with Crippen molar-refractivity contribution in [2.75, 3.05) is 0 Å². The minimum Gasteiger partial charge on any atom is -0.443 e. The number of rotatable bonds is 0. The highest BCUT2D eigenvalue weighted by Gasteiger charge is 2.52. The van der Waals surface area contributed by atoms with Gasteiger partial charge in [-0.15, -0.1) is 0 Å². The van der Waals surface area contributed by atoms with Crippen LogP contribution in [0.25, 0.3) is 0 Å². The van der Waals surface area contributed by atoms with E-state index < -0.39 is 11.7 Å². The quantitative estimate of drug-likeness (QED) is 0.490. The highest BCUT2D eigenvalue weighted by molar-refractivity contribution is 14.1. The first-order valence-corrected chi connectivity index (χ1v) is 7.65. The lowest BCUT2D eigenvalue weighted by Crippen LogP contribution is -2.45. The molecule has 1 heterocycles. The highest BCUT2D eigenvalue weighted by atomic mass is 127. The van der Waals surface area contributed by atoms with Gasteiger partial charge in [0.2, 0.25) is 5.91 Å². The van der Waals surface area contributed by atoms with Gasteiger partial charge < -0.3 is 4.74 Å². The van der Waals surface area contributed by atoms with E-state index in [0.29, 0.717) is 9.84 Å². The summed E-state index contributed by atoms with van der Waals surface area (Å²) in [5.74, 6) is 0.331. The van der Waals surface area contributed by atoms with E-state index >= 15 is 0 Å². The fourth-order valence-corrected chi connectivity index (χ4v) is 4.22. The average molecular weight is 365 g/mol. The number of hydrogen-bond acceptors (Lipinski definition) is 3. The van der Waals surface area contributed by atoms with Crippen molar-refractivity contribution in [1.82, 2.24) is 4.90 Å². The summed E-state index contributed by atoms with van der Waals surface area (Å²) in [6.45, 7) is 7.56. The van der Waals surface area contributed by atoms with E-state index in [1.165, 1.54) is 4.90 Å². The van der Waals surface area contributed by atoms with E-state index in [0.717, 1.165) is 12.8 Å². The van der Waals surface area contributed by atoms with Gasteiger partial charge in [-0.2, -0.15) is 0 Å². The molecule has 0 aromatic heterocycles. The zero-order valence-electron chi connectivity index (χ0n) is 11.3. The first kappa shape index (κ1) is 14.1. The summed E-state index contributed by atoms with van der Waals surface area (Å²) < 4.78 is 5.69. The molecule has 0 aromatic rings. The van der Waals surface area contributed by atoms with Gasteiger partial charge in [0, 0.05) is 9.84 Å². The van der Waals surface area contributed by atoms with Gasteiger partial charge in [0.25, 0.3) is 0 Å². The van der Waals surface area contributed by atoms with Crippen LogP contribution < -0.4 is 0 Å². The second kappa shape index (κ2) is 4.65. The Bertz CT molecular complexity index is 377. The Kier molecular flexibility index (Phi) is 3.64. The maximum Gasteiger partial charge on any atom is 0.417 e. The lowest BCUT2D eigenvalue weighted by atomic mass is 9.81. The predicted octanol–water partition coefficient (Wildman–Crippen LogP) is 2.98. The van der Waals surface area contributed by atoms with Crippen molar-refractivity contribution in [3.63, 3.8) is 0 Å². The number of nitrogens with zero attached hydrogens (tertiary/aromatic N) is 1. The van der Waals surface area contributed by atoms with Crippen LogP contribution in [0.3, 0.4) is 0 Å². The maximum atomic E-state index is 12.3. The molecule has 1 aliphatic carbocycles. The number of hydrogen-bond donors (Lipinski definition) is 0. The largest absolute Gasteiger partial charge is 0.443 e. The molecule has 4 atom stereocenters. The fraction of sp³-hybridized carbons (Fsp3) is 0.846. The summed E-state index contributed by atoms with van der Waals surface area (Å²) >= 11 is 2.35. The van der Waals surface area contributed by atoms with Crippen molar-refractivity contribution >= 4 is 34.6 Å². The molecule has 18 heavy (non-hydrogen) atoms. The van der Waals surface area contributed by atoms with Gasteiger partial charge in [0.05, 0.1) is 6.04 Å². The lowest BCUT2D eigenvalue weighted by molar-refractivity contribution is -0.131. The van der Waals surface area contributed by atoms with Crippen molar-refractivity contribution in [2.45, 2.75) is 56.1 Å². The second-order valence-electron chi connectivity index (χ2n) is 6.33. The fourth-order valence-electron chi connectivity index (χ4n) is 2.81. The molecule has 2 aliphatic rings. The number of carbonyl (C=O) groups is 2. The molecule has 2 fully saturated rings. The highest BCUT2D eigenvalue weighted by Crippen LogP contribution is 2.43. The van der Waals surface area contributed by atoms with Crippen molar-refractivity contribution < 1.29 is 14.3 Å². The summed E-state index contributed by atoms with van der Waals surface area (Å²) in [7, 11) is 0. The third kappa shape index (κ3) is 2.51. The Morgan fingerprint density at radius 3 is 2.56 bits per heavy atom. The Labute approximate surface area is 122 Å². The zero-order valence-corrected chi connectivity index (χ0v) is 13.4. The maximum absolute atomic E-state index is 12.3. The number of alkyl halides is 1. The standard InChI is InChI=1S/C13H20INO3/c1-7-5-9(14)10-6-8(7)11(16)15(10)12(17)18-13(2,3)4/h7-10H,5-6H2,1-4H3/t7-,8+,9-,10-/m0/s1. The van der Waals surface area contributed by atoms with Gasteiger partial charge >= 0.3 is 6.09 Å². The first-order chi connectivity index (χ1) is 8.20. The molecule has 1 saturated carbocycles. The van der Waals surface area contributed by atoms with Crippen LogP contribution >= 0.6 is 22.6 Å². The van der Waals surface area contributed by atoms with Crippen LogP contribution in [0.1, 0.15) is 40.5 Å². The van der Waals surface area contributed by atoms with E-state index in [2.05, 4.69) is 29.5 Å². The average Bonchev–Trinajstić information content (AvgIpc) is 2.48. The van der Waals surface area contributed by atoms with Gasteiger partial charge in [-0.3, -0.25) is 4.79 Å². The Morgan fingerprint density at radius 2 is 2.00 bits per heavy atom. The topological polar surface area (TPSA) is 46.6 Å². The molecule has 2 rings (SSSR count). The van der Waals surface area contributed by atoms with E-state index in [1.807, 2.05) is 20.8 Å². The molecular weight excluding hydrogens is 345 g/mol. The van der Waals surface area contributed by atoms with Crippen LogP contribution in [-0.4, -0.2) is 32.5 Å². The molecule has 1 aliphatic heterocycles. The van der Waals surface area contributed by atoms with Crippen molar-refractivity contribution in [3.05, 3.63) is 0 Å². The summed E-state index contributed by atoms with van der Waals surface area (Å²) in [6, 6.07) is 0.0224. The molecule has 0 aromatic carbocycles. The van der Waals surface area contributed by atoms with Crippen LogP contribution in [0.4, 0.5) is 4.79 Å². The molecule has 2 bridgehead atoms. The van der Waals surface area contributed by atoms with Crippen LogP contribution in [0.15, 0.2) is 0 Å². The monoisotopic (exact) mass is 365 g/mol. The molecular formula is C13H20INO3. The van der Waals surface area contributed by atoms with Crippen LogP contribution in [0.2, 0.25) is 0 Å². The summed E-state index contributed by atoms with van der Waals surface area (Å²) in [4.78, 5) is 25.8. The third-order valence-electron chi connectivity index (χ3n) is 3.67. The Morgan fingerprint density at radius 1 is 1.39 bits per heavy atom.